The van der Waals surface area contributed by atoms with Crippen molar-refractivity contribution in [3.8, 4) is 0 Å². The molecule has 0 unspecified atom stereocenters. The maximum Gasteiger partial charge on any atom is 0.305 e. The predicted octanol–water partition coefficient (Wildman–Crippen LogP) is 5.71. The highest BCUT2D eigenvalue weighted by Crippen LogP contribution is 2.14. The second kappa shape index (κ2) is 25.5. The van der Waals surface area contributed by atoms with E-state index in [-0.39, 0.29) is 5.97 Å². The molecule has 1 aromatic carbocycles. The smallest absolute Gasteiger partial charge is 0.305 e. The van der Waals surface area contributed by atoms with Crippen LogP contribution in [0.15, 0.2) is 9.59 Å². The van der Waals surface area contributed by atoms with Gasteiger partial charge in [-0.1, -0.05) is 84.0 Å². The first-order valence-corrected chi connectivity index (χ1v) is 16.9. The molecular formula is C33H61N3O6. The second-order valence-electron chi connectivity index (χ2n) is 11.7. The van der Waals surface area contributed by atoms with Gasteiger partial charge in [0.15, 0.2) is 6.29 Å². The number of hydrogen-bond acceptors (Lipinski definition) is 9. The largest absolute Gasteiger partial charge is 0.466 e. The summed E-state index contributed by atoms with van der Waals surface area (Å²) in [6.45, 7) is 6.27. The minimum atomic E-state index is -1.20. The summed E-state index contributed by atoms with van der Waals surface area (Å²) in [5.74, 6) is -0.0783. The van der Waals surface area contributed by atoms with E-state index in [2.05, 4.69) is 22.5 Å². The van der Waals surface area contributed by atoms with E-state index in [4.69, 9.17) is 14.9 Å². The van der Waals surface area contributed by atoms with Crippen LogP contribution < -0.4 is 21.5 Å². The molecule has 1 rings (SSSR count). The molecule has 0 aliphatic rings. The third kappa shape index (κ3) is 18.5. The Morgan fingerprint density at radius 2 is 1.24 bits per heavy atom. The lowest BCUT2D eigenvalue weighted by Gasteiger charge is -2.23. The van der Waals surface area contributed by atoms with Crippen molar-refractivity contribution < 1.29 is 19.7 Å². The highest BCUT2D eigenvalue weighted by atomic mass is 16.5. The molecule has 0 heterocycles. The fraction of sp³-hybridized carbons (Fsp3) is 0.848. The Hall–Kier alpha value is -1.97. The molecule has 0 saturated carbocycles. The summed E-state index contributed by atoms with van der Waals surface area (Å²) >= 11 is 0. The molecule has 1 aromatic rings. The van der Waals surface area contributed by atoms with E-state index in [1.54, 1.807) is 7.05 Å². The number of carbonyl (C=O) groups excluding carboxylic acids is 1. The van der Waals surface area contributed by atoms with Crippen molar-refractivity contribution in [2.45, 2.75) is 142 Å². The average Bonchev–Trinajstić information content (AvgIpc) is 2.97. The molecule has 0 aromatic heterocycles. The Kier molecular flexibility index (Phi) is 23.1. The molecule has 244 valence electrons. The summed E-state index contributed by atoms with van der Waals surface area (Å²) in [6, 6.07) is 0. The van der Waals surface area contributed by atoms with Crippen molar-refractivity contribution in [2.24, 2.45) is 0 Å². The van der Waals surface area contributed by atoms with Gasteiger partial charge in [0.1, 0.15) is 11.4 Å². The minimum absolute atomic E-state index is 0.0783. The summed E-state index contributed by atoms with van der Waals surface area (Å²) in [7, 11) is 1.65. The Morgan fingerprint density at radius 3 is 1.86 bits per heavy atom. The van der Waals surface area contributed by atoms with E-state index in [0.29, 0.717) is 37.4 Å². The monoisotopic (exact) mass is 595 g/mol. The number of carbonyl (C=O) groups is 1. The molecule has 0 aliphatic carbocycles. The fourth-order valence-corrected chi connectivity index (χ4v) is 5.30. The van der Waals surface area contributed by atoms with Crippen LogP contribution in [0.2, 0.25) is 0 Å². The van der Waals surface area contributed by atoms with E-state index in [1.165, 1.54) is 44.9 Å². The SMILES string of the molecule is CCCCCCCCCCCOC(=O)CCCCCN(CCCCCCCC(O)O)CCCNc1c(NC)c(=O)c1=O. The third-order valence-electron chi connectivity index (χ3n) is 7.92. The molecule has 4 N–H and O–H groups in total. The Morgan fingerprint density at radius 1 is 0.714 bits per heavy atom. The van der Waals surface area contributed by atoms with E-state index in [9.17, 15) is 14.4 Å². The van der Waals surface area contributed by atoms with Gasteiger partial charge in [0, 0.05) is 20.0 Å². The maximum atomic E-state index is 12.1. The predicted molar refractivity (Wildman–Crippen MR) is 173 cm³/mol. The number of nitrogens with zero attached hydrogens (tertiary/aromatic N) is 1. The van der Waals surface area contributed by atoms with Gasteiger partial charge in [0.25, 0.3) is 10.9 Å². The lowest BCUT2D eigenvalue weighted by Crippen LogP contribution is -2.37. The fourth-order valence-electron chi connectivity index (χ4n) is 5.30. The number of rotatable bonds is 30. The zero-order valence-electron chi connectivity index (χ0n) is 26.7. The van der Waals surface area contributed by atoms with Gasteiger partial charge in [0.05, 0.1) is 6.61 Å². The van der Waals surface area contributed by atoms with Gasteiger partial charge < -0.3 is 30.5 Å². The van der Waals surface area contributed by atoms with Crippen molar-refractivity contribution in [2.75, 3.05) is 50.5 Å². The highest BCUT2D eigenvalue weighted by Gasteiger charge is 2.18. The van der Waals surface area contributed by atoms with Gasteiger partial charge in [-0.2, -0.15) is 0 Å². The molecular weight excluding hydrogens is 534 g/mol. The number of nitrogens with one attached hydrogen (secondary N) is 2. The van der Waals surface area contributed by atoms with Crippen LogP contribution in [0.4, 0.5) is 11.4 Å². The molecule has 0 aliphatic heterocycles. The number of unbranched alkanes of at least 4 members (excludes halogenated alkanes) is 14. The van der Waals surface area contributed by atoms with Gasteiger partial charge in [0.2, 0.25) is 0 Å². The number of hydrogen-bond donors (Lipinski definition) is 4. The molecule has 9 heteroatoms. The molecule has 0 atom stereocenters. The van der Waals surface area contributed by atoms with Crippen LogP contribution in [0.3, 0.4) is 0 Å². The number of ether oxygens (including phenoxy) is 1. The molecule has 42 heavy (non-hydrogen) atoms. The lowest BCUT2D eigenvalue weighted by molar-refractivity contribution is -0.143. The topological polar surface area (TPSA) is 128 Å². The second-order valence-corrected chi connectivity index (χ2v) is 11.7. The van der Waals surface area contributed by atoms with E-state index >= 15 is 0 Å². The number of esters is 1. The summed E-state index contributed by atoms with van der Waals surface area (Å²) in [6.07, 6.45) is 19.8. The Balaban J connectivity index is 2.20. The first kappa shape index (κ1) is 38.1. The van der Waals surface area contributed by atoms with Crippen LogP contribution in [-0.4, -0.2) is 67.2 Å². The lowest BCUT2D eigenvalue weighted by atomic mass is 10.1. The Labute approximate surface area is 254 Å². The van der Waals surface area contributed by atoms with Crippen molar-refractivity contribution in [1.29, 1.82) is 0 Å². The van der Waals surface area contributed by atoms with Crippen LogP contribution in [0.25, 0.3) is 0 Å². The van der Waals surface area contributed by atoms with Crippen LogP contribution in [0.1, 0.15) is 135 Å². The molecule has 0 fully saturated rings. The minimum Gasteiger partial charge on any atom is -0.466 e. The number of anilines is 2. The van der Waals surface area contributed by atoms with Crippen LogP contribution >= 0.6 is 0 Å². The molecule has 0 spiro atoms. The molecule has 0 saturated heterocycles. The van der Waals surface area contributed by atoms with Crippen LogP contribution in [0.5, 0.6) is 0 Å². The van der Waals surface area contributed by atoms with Crippen LogP contribution in [0, 0.1) is 0 Å². The first-order valence-electron chi connectivity index (χ1n) is 16.9. The van der Waals surface area contributed by atoms with Crippen molar-refractivity contribution in [3.63, 3.8) is 0 Å². The normalized spacial score (nSPS) is 11.6. The summed E-state index contributed by atoms with van der Waals surface area (Å²) < 4.78 is 5.43. The molecule has 9 nitrogen and oxygen atoms in total. The average molecular weight is 596 g/mol. The van der Waals surface area contributed by atoms with E-state index in [0.717, 1.165) is 90.3 Å². The van der Waals surface area contributed by atoms with Crippen molar-refractivity contribution in [3.05, 3.63) is 20.4 Å². The standard InChI is InChI=1S/C33H61N3O6/c1-3-4-5-6-7-8-9-13-19-27-42-29(39)22-16-14-18-25-36(24-17-12-10-11-15-21-28(37)38)26-20-23-35-31-30(34-2)32(40)33(31)41/h28,34-35,37-38H,3-27H2,1-2H3. The van der Waals surface area contributed by atoms with E-state index in [1.807, 2.05) is 0 Å². The third-order valence-corrected chi connectivity index (χ3v) is 7.92. The first-order chi connectivity index (χ1) is 20.4. The van der Waals surface area contributed by atoms with Gasteiger partial charge in [-0.15, -0.1) is 0 Å². The molecule has 0 bridgehead atoms. The van der Waals surface area contributed by atoms with Crippen molar-refractivity contribution in [1.82, 2.24) is 4.90 Å². The summed E-state index contributed by atoms with van der Waals surface area (Å²) in [4.78, 5) is 37.9. The van der Waals surface area contributed by atoms with Crippen LogP contribution in [-0.2, 0) is 9.53 Å². The maximum absolute atomic E-state index is 12.1. The van der Waals surface area contributed by atoms with Gasteiger partial charge in [-0.3, -0.25) is 14.4 Å². The van der Waals surface area contributed by atoms with Gasteiger partial charge in [-0.25, -0.2) is 0 Å². The Bertz CT molecular complexity index is 868. The molecule has 0 radical (unpaired) electrons. The number of aliphatic hydroxyl groups is 2. The van der Waals surface area contributed by atoms with Gasteiger partial charge in [-0.05, 0) is 64.6 Å². The number of aliphatic hydroxyl groups excluding tert-OH is 1. The van der Waals surface area contributed by atoms with E-state index < -0.39 is 17.1 Å². The summed E-state index contributed by atoms with van der Waals surface area (Å²) in [5.41, 5.74) is -0.136. The summed E-state index contributed by atoms with van der Waals surface area (Å²) in [5, 5.41) is 23.8. The highest BCUT2D eigenvalue weighted by molar-refractivity contribution is 5.73. The van der Waals surface area contributed by atoms with Gasteiger partial charge >= 0.3 is 5.97 Å². The zero-order valence-corrected chi connectivity index (χ0v) is 26.7. The quantitative estimate of drug-likeness (QED) is 0.0382. The zero-order chi connectivity index (χ0) is 30.8. The van der Waals surface area contributed by atoms with Crippen molar-refractivity contribution >= 4 is 17.3 Å². The molecule has 0 amide bonds.